The van der Waals surface area contributed by atoms with Crippen molar-refractivity contribution >= 4 is 17.5 Å². The Hall–Kier alpha value is -2.37. The van der Waals surface area contributed by atoms with Gasteiger partial charge in [0.05, 0.1) is 7.11 Å². The van der Waals surface area contributed by atoms with Crippen LogP contribution < -0.4 is 10.1 Å². The Morgan fingerprint density at radius 2 is 2.04 bits per heavy atom. The highest BCUT2D eigenvalue weighted by molar-refractivity contribution is 6.39. The fraction of sp³-hybridized carbons (Fsp3) is 0.471. The van der Waals surface area contributed by atoms with Gasteiger partial charge in [0.15, 0.2) is 0 Å². The van der Waals surface area contributed by atoms with Gasteiger partial charge >= 0.3 is 0 Å². The number of hydrogen-bond acceptors (Lipinski definition) is 4. The molecule has 0 saturated heterocycles. The highest BCUT2D eigenvalue weighted by Crippen LogP contribution is 2.22. The lowest BCUT2D eigenvalue weighted by Gasteiger charge is -2.28. The second kappa shape index (κ2) is 6.81. The second-order valence-corrected chi connectivity index (χ2v) is 6.29. The summed E-state index contributed by atoms with van der Waals surface area (Å²) in [6, 6.07) is 7.75. The molecule has 1 aliphatic rings. The molecule has 0 atom stereocenters. The van der Waals surface area contributed by atoms with Crippen molar-refractivity contribution in [3.8, 4) is 5.75 Å². The number of carbonyl (C=O) groups excluding carboxylic acids is 2. The summed E-state index contributed by atoms with van der Waals surface area (Å²) in [6.45, 7) is 3.91. The van der Waals surface area contributed by atoms with E-state index in [9.17, 15) is 9.59 Å². The van der Waals surface area contributed by atoms with Crippen LogP contribution in [0.3, 0.4) is 0 Å². The first-order chi connectivity index (χ1) is 10.8. The molecule has 1 aromatic carbocycles. The summed E-state index contributed by atoms with van der Waals surface area (Å²) in [5, 5.41) is 8.28. The number of benzene rings is 1. The average Bonchev–Trinajstić information content (AvgIpc) is 2.49. The molecule has 0 aromatic heterocycles. The zero-order chi connectivity index (χ0) is 17.0. The summed E-state index contributed by atoms with van der Waals surface area (Å²) in [4.78, 5) is 23.8. The predicted molar refractivity (Wildman–Crippen MR) is 88.4 cm³/mol. The van der Waals surface area contributed by atoms with Gasteiger partial charge in [0.2, 0.25) is 5.91 Å². The maximum absolute atomic E-state index is 12.4. The van der Waals surface area contributed by atoms with E-state index >= 15 is 0 Å². The Bertz CT molecular complexity index is 638. The van der Waals surface area contributed by atoms with Crippen LogP contribution in [0.15, 0.2) is 29.4 Å². The molecule has 6 heteroatoms. The van der Waals surface area contributed by atoms with Crippen LogP contribution in [0.4, 0.5) is 0 Å². The second-order valence-electron chi connectivity index (χ2n) is 6.29. The Labute approximate surface area is 136 Å². The van der Waals surface area contributed by atoms with Crippen LogP contribution in [0.2, 0.25) is 0 Å². The largest absolute Gasteiger partial charge is 0.496 e. The summed E-state index contributed by atoms with van der Waals surface area (Å²) in [5.74, 6) is 0.495. The van der Waals surface area contributed by atoms with Gasteiger partial charge in [-0.15, -0.1) is 0 Å². The molecule has 0 spiro atoms. The normalized spacial score (nSPS) is 15.2. The van der Waals surface area contributed by atoms with Crippen LogP contribution in [0.1, 0.15) is 32.3 Å². The van der Waals surface area contributed by atoms with Gasteiger partial charge in [0, 0.05) is 25.4 Å². The summed E-state index contributed by atoms with van der Waals surface area (Å²) < 4.78 is 5.36. The topological polar surface area (TPSA) is 71.0 Å². The van der Waals surface area contributed by atoms with Crippen molar-refractivity contribution in [2.45, 2.75) is 38.6 Å². The first-order valence-electron chi connectivity index (χ1n) is 7.61. The number of carbonyl (C=O) groups is 2. The minimum absolute atomic E-state index is 0.0742. The van der Waals surface area contributed by atoms with Gasteiger partial charge < -0.3 is 10.1 Å². The van der Waals surface area contributed by atoms with E-state index in [1.165, 1.54) is 5.01 Å². The smallest absolute Gasteiger partial charge is 0.267 e. The van der Waals surface area contributed by atoms with Crippen molar-refractivity contribution in [1.82, 2.24) is 10.3 Å². The molecule has 0 fully saturated rings. The van der Waals surface area contributed by atoms with Crippen LogP contribution in [0.5, 0.6) is 5.75 Å². The van der Waals surface area contributed by atoms with Crippen LogP contribution in [0, 0.1) is 0 Å². The van der Waals surface area contributed by atoms with E-state index in [1.54, 1.807) is 14.2 Å². The van der Waals surface area contributed by atoms with Gasteiger partial charge in [-0.3, -0.25) is 9.59 Å². The highest BCUT2D eigenvalue weighted by Gasteiger charge is 2.27. The molecular formula is C17H23N3O3. The highest BCUT2D eigenvalue weighted by atomic mass is 16.5. The molecule has 0 saturated carbocycles. The van der Waals surface area contributed by atoms with E-state index in [1.807, 2.05) is 38.1 Å². The maximum Gasteiger partial charge on any atom is 0.267 e. The fourth-order valence-corrected chi connectivity index (χ4v) is 2.58. The van der Waals surface area contributed by atoms with Gasteiger partial charge in [-0.2, -0.15) is 5.10 Å². The molecule has 1 N–H and O–H groups in total. The van der Waals surface area contributed by atoms with E-state index in [0.717, 1.165) is 11.3 Å². The standard InChI is InChI=1S/C17H23N3O3/c1-17(2,11-12-7-5-6-8-14(12)23-4)18-16(22)13-9-10-15(21)20(3)19-13/h5-8H,9-11H2,1-4H3,(H,18,22). The van der Waals surface area contributed by atoms with E-state index < -0.39 is 5.54 Å². The molecule has 0 unspecified atom stereocenters. The van der Waals surface area contributed by atoms with E-state index in [0.29, 0.717) is 25.0 Å². The van der Waals surface area contributed by atoms with Gasteiger partial charge in [-0.25, -0.2) is 5.01 Å². The average molecular weight is 317 g/mol. The van der Waals surface area contributed by atoms with Crippen LogP contribution in [-0.4, -0.2) is 42.2 Å². The van der Waals surface area contributed by atoms with Crippen molar-refractivity contribution in [3.05, 3.63) is 29.8 Å². The molecule has 1 aliphatic heterocycles. The minimum atomic E-state index is -0.464. The van der Waals surface area contributed by atoms with Crippen molar-refractivity contribution in [2.75, 3.05) is 14.2 Å². The summed E-state index contributed by atoms with van der Waals surface area (Å²) in [7, 11) is 3.20. The Morgan fingerprint density at radius 1 is 1.35 bits per heavy atom. The summed E-state index contributed by atoms with van der Waals surface area (Å²) >= 11 is 0. The van der Waals surface area contributed by atoms with Gasteiger partial charge in [0.1, 0.15) is 11.5 Å². The number of amides is 2. The Kier molecular flexibility index (Phi) is 5.03. The van der Waals surface area contributed by atoms with Crippen LogP contribution >= 0.6 is 0 Å². The van der Waals surface area contributed by atoms with Crippen LogP contribution in [0.25, 0.3) is 0 Å². The number of nitrogens with zero attached hydrogens (tertiary/aromatic N) is 2. The number of nitrogens with one attached hydrogen (secondary N) is 1. The van der Waals surface area contributed by atoms with Crippen LogP contribution in [-0.2, 0) is 16.0 Å². The molecule has 2 rings (SSSR count). The predicted octanol–water partition coefficient (Wildman–Crippen LogP) is 1.74. The molecule has 0 aliphatic carbocycles. The number of para-hydroxylation sites is 1. The number of methoxy groups -OCH3 is 1. The summed E-state index contributed by atoms with van der Waals surface area (Å²) in [6.07, 6.45) is 1.32. The lowest BCUT2D eigenvalue weighted by molar-refractivity contribution is -0.130. The molecule has 0 bridgehead atoms. The third-order valence-corrected chi connectivity index (χ3v) is 3.75. The fourth-order valence-electron chi connectivity index (χ4n) is 2.58. The van der Waals surface area contributed by atoms with E-state index in [4.69, 9.17) is 4.74 Å². The number of ether oxygens (including phenoxy) is 1. The lowest BCUT2D eigenvalue weighted by Crippen LogP contribution is -2.49. The number of hydrogen-bond donors (Lipinski definition) is 1. The Morgan fingerprint density at radius 3 is 2.70 bits per heavy atom. The first kappa shape index (κ1) is 17.0. The van der Waals surface area contributed by atoms with E-state index in [-0.39, 0.29) is 11.8 Å². The molecule has 0 radical (unpaired) electrons. The minimum Gasteiger partial charge on any atom is -0.496 e. The van der Waals surface area contributed by atoms with Gasteiger partial charge in [-0.1, -0.05) is 18.2 Å². The third kappa shape index (κ3) is 4.31. The zero-order valence-electron chi connectivity index (χ0n) is 14.0. The molecule has 1 heterocycles. The SMILES string of the molecule is COc1ccccc1CC(C)(C)NC(=O)C1=NN(C)C(=O)CC1. The molecule has 124 valence electrons. The number of rotatable bonds is 5. The van der Waals surface area contributed by atoms with Gasteiger partial charge in [-0.05, 0) is 31.9 Å². The molecule has 23 heavy (non-hydrogen) atoms. The molecular weight excluding hydrogens is 294 g/mol. The molecule has 2 amide bonds. The van der Waals surface area contributed by atoms with E-state index in [2.05, 4.69) is 10.4 Å². The lowest BCUT2D eigenvalue weighted by atomic mass is 9.93. The van der Waals surface area contributed by atoms with Crippen molar-refractivity contribution < 1.29 is 14.3 Å². The van der Waals surface area contributed by atoms with Crippen molar-refractivity contribution in [1.29, 1.82) is 0 Å². The maximum atomic E-state index is 12.4. The van der Waals surface area contributed by atoms with Crippen molar-refractivity contribution in [2.24, 2.45) is 5.10 Å². The quantitative estimate of drug-likeness (QED) is 0.899. The first-order valence-corrected chi connectivity index (χ1v) is 7.61. The van der Waals surface area contributed by atoms with Gasteiger partial charge in [0.25, 0.3) is 5.91 Å². The molecule has 1 aromatic rings. The van der Waals surface area contributed by atoms with Crippen molar-refractivity contribution in [3.63, 3.8) is 0 Å². The zero-order valence-corrected chi connectivity index (χ0v) is 14.0. The Balaban J connectivity index is 2.07. The third-order valence-electron chi connectivity index (χ3n) is 3.75. The monoisotopic (exact) mass is 317 g/mol. The summed E-state index contributed by atoms with van der Waals surface area (Å²) in [5.41, 5.74) is 0.951. The number of hydrazone groups is 1. The molecule has 6 nitrogen and oxygen atoms in total.